The van der Waals surface area contributed by atoms with Gasteiger partial charge in [-0.1, -0.05) is 31.8 Å². The van der Waals surface area contributed by atoms with Crippen LogP contribution in [0.2, 0.25) is 0 Å². The third-order valence-corrected chi connectivity index (χ3v) is 5.60. The Bertz CT molecular complexity index is 564. The number of carbonyl (C=O) groups is 1. The van der Waals surface area contributed by atoms with Crippen LogP contribution in [0.25, 0.3) is 0 Å². The second-order valence-corrected chi connectivity index (χ2v) is 7.90. The first-order valence-corrected chi connectivity index (χ1v) is 9.92. The molecule has 3 heterocycles. The summed E-state index contributed by atoms with van der Waals surface area (Å²) in [6.07, 6.45) is 6.87. The van der Waals surface area contributed by atoms with Crippen molar-refractivity contribution in [3.05, 3.63) is 11.7 Å². The van der Waals surface area contributed by atoms with E-state index in [0.29, 0.717) is 11.8 Å². The Morgan fingerprint density at radius 3 is 2.44 bits per heavy atom. The molecule has 25 heavy (non-hydrogen) atoms. The molecule has 2 atom stereocenters. The molecule has 2 saturated heterocycles. The molecule has 0 unspecified atom stereocenters. The van der Waals surface area contributed by atoms with Crippen molar-refractivity contribution >= 4 is 5.91 Å². The van der Waals surface area contributed by atoms with Crippen molar-refractivity contribution in [2.45, 2.75) is 71.3 Å². The lowest BCUT2D eigenvalue weighted by atomic mass is 9.95. The third-order valence-electron chi connectivity index (χ3n) is 5.60. The Balaban J connectivity index is 1.62. The zero-order valence-electron chi connectivity index (χ0n) is 15.9. The van der Waals surface area contributed by atoms with Crippen molar-refractivity contribution in [1.29, 1.82) is 0 Å². The Morgan fingerprint density at radius 1 is 1.08 bits per heavy atom. The number of piperidine rings is 1. The number of carbonyl (C=O) groups excluding carboxylic acids is 1. The molecule has 0 aliphatic carbocycles. The van der Waals surface area contributed by atoms with Crippen LogP contribution in [0.5, 0.6) is 0 Å². The number of aromatic nitrogens is 2. The molecule has 1 aromatic rings. The van der Waals surface area contributed by atoms with E-state index in [-0.39, 0.29) is 17.9 Å². The van der Waals surface area contributed by atoms with Gasteiger partial charge in [-0.3, -0.25) is 9.69 Å². The van der Waals surface area contributed by atoms with Crippen molar-refractivity contribution in [1.82, 2.24) is 19.9 Å². The minimum absolute atomic E-state index is 0.0692. The maximum absolute atomic E-state index is 13.0. The second-order valence-electron chi connectivity index (χ2n) is 7.90. The lowest BCUT2D eigenvalue weighted by Gasteiger charge is -2.36. The van der Waals surface area contributed by atoms with E-state index in [9.17, 15) is 4.79 Å². The van der Waals surface area contributed by atoms with E-state index in [1.54, 1.807) is 0 Å². The first-order valence-electron chi connectivity index (χ1n) is 9.92. The van der Waals surface area contributed by atoms with Crippen molar-refractivity contribution < 1.29 is 9.32 Å². The van der Waals surface area contributed by atoms with Gasteiger partial charge in [-0.2, -0.15) is 4.98 Å². The summed E-state index contributed by atoms with van der Waals surface area (Å²) in [6, 6.07) is 0.0692. The molecule has 1 aromatic heterocycles. The van der Waals surface area contributed by atoms with Crippen LogP contribution in [0, 0.1) is 5.92 Å². The summed E-state index contributed by atoms with van der Waals surface area (Å²) in [6.45, 7) is 9.90. The van der Waals surface area contributed by atoms with Crippen LogP contribution < -0.4 is 0 Å². The summed E-state index contributed by atoms with van der Waals surface area (Å²) >= 11 is 0. The van der Waals surface area contributed by atoms with E-state index in [4.69, 9.17) is 4.52 Å². The van der Waals surface area contributed by atoms with Gasteiger partial charge >= 0.3 is 0 Å². The Hall–Kier alpha value is -1.43. The smallest absolute Gasteiger partial charge is 0.243 e. The normalized spacial score (nSPS) is 24.3. The Kier molecular flexibility index (Phi) is 6.10. The molecule has 0 aromatic carbocycles. The fourth-order valence-electron chi connectivity index (χ4n) is 3.92. The molecule has 3 rings (SSSR count). The van der Waals surface area contributed by atoms with E-state index in [1.165, 1.54) is 12.8 Å². The van der Waals surface area contributed by atoms with Gasteiger partial charge in [0.2, 0.25) is 11.8 Å². The fourth-order valence-corrected chi connectivity index (χ4v) is 3.92. The zero-order chi connectivity index (χ0) is 17.8. The van der Waals surface area contributed by atoms with Crippen molar-refractivity contribution in [2.75, 3.05) is 26.2 Å². The van der Waals surface area contributed by atoms with Crippen LogP contribution in [0.15, 0.2) is 4.52 Å². The van der Waals surface area contributed by atoms with Crippen LogP contribution in [0.4, 0.5) is 0 Å². The summed E-state index contributed by atoms with van der Waals surface area (Å²) in [4.78, 5) is 21.9. The maximum atomic E-state index is 13.0. The molecule has 0 saturated carbocycles. The third kappa shape index (κ3) is 4.40. The van der Waals surface area contributed by atoms with Crippen molar-refractivity contribution in [3.63, 3.8) is 0 Å². The fraction of sp³-hybridized carbons (Fsp3) is 0.842. The Labute approximate surface area is 150 Å². The van der Waals surface area contributed by atoms with Gasteiger partial charge in [-0.05, 0) is 39.2 Å². The van der Waals surface area contributed by atoms with E-state index in [0.717, 1.165) is 57.7 Å². The molecule has 0 bridgehead atoms. The number of rotatable bonds is 4. The first kappa shape index (κ1) is 18.4. The average Bonchev–Trinajstić information content (AvgIpc) is 2.97. The minimum Gasteiger partial charge on any atom is -0.342 e. The van der Waals surface area contributed by atoms with Crippen LogP contribution >= 0.6 is 0 Å². The molecule has 2 aliphatic rings. The lowest BCUT2D eigenvalue weighted by Crippen LogP contribution is -2.45. The lowest BCUT2D eigenvalue weighted by molar-refractivity contribution is -0.137. The summed E-state index contributed by atoms with van der Waals surface area (Å²) in [5, 5.41) is 4.08. The summed E-state index contributed by atoms with van der Waals surface area (Å²) in [7, 11) is 0. The zero-order valence-corrected chi connectivity index (χ0v) is 15.9. The first-order chi connectivity index (χ1) is 12.1. The highest BCUT2D eigenvalue weighted by molar-refractivity contribution is 5.79. The highest BCUT2D eigenvalue weighted by Gasteiger charge is 2.33. The van der Waals surface area contributed by atoms with Gasteiger partial charge in [0, 0.05) is 25.6 Å². The number of likely N-dealkylation sites (tertiary alicyclic amines) is 2. The van der Waals surface area contributed by atoms with E-state index < -0.39 is 0 Å². The van der Waals surface area contributed by atoms with Crippen molar-refractivity contribution in [2.24, 2.45) is 5.92 Å². The van der Waals surface area contributed by atoms with Gasteiger partial charge in [-0.25, -0.2) is 0 Å². The predicted molar refractivity (Wildman–Crippen MR) is 96.1 cm³/mol. The monoisotopic (exact) mass is 348 g/mol. The molecule has 140 valence electrons. The van der Waals surface area contributed by atoms with Crippen LogP contribution in [0.3, 0.4) is 0 Å². The molecular weight excluding hydrogens is 316 g/mol. The number of hydrogen-bond acceptors (Lipinski definition) is 5. The topological polar surface area (TPSA) is 62.5 Å². The highest BCUT2D eigenvalue weighted by Crippen LogP contribution is 2.28. The molecule has 0 radical (unpaired) electrons. The standard InChI is InChI=1S/C19H32N4O2/c1-14(2)17-20-18(25-21-17)15(3)23-12-8-9-16(13-23)19(24)22-10-6-4-5-7-11-22/h14-16H,4-13H2,1-3H3/t15-,16+/m1/s1. The quantitative estimate of drug-likeness (QED) is 0.835. The molecule has 0 spiro atoms. The van der Waals surface area contributed by atoms with Gasteiger partial charge in [0.15, 0.2) is 5.82 Å². The Morgan fingerprint density at radius 2 is 1.80 bits per heavy atom. The van der Waals surface area contributed by atoms with Gasteiger partial charge in [-0.15, -0.1) is 0 Å². The molecule has 1 amide bonds. The SMILES string of the molecule is CC(C)c1noc([C@@H](C)N2CCC[C@H](C(=O)N3CCCCCC3)C2)n1. The van der Waals surface area contributed by atoms with Gasteiger partial charge < -0.3 is 9.42 Å². The van der Waals surface area contributed by atoms with Crippen LogP contribution in [0.1, 0.15) is 83.0 Å². The molecule has 6 nitrogen and oxygen atoms in total. The largest absolute Gasteiger partial charge is 0.342 e. The van der Waals surface area contributed by atoms with Gasteiger partial charge in [0.1, 0.15) is 0 Å². The van der Waals surface area contributed by atoms with E-state index >= 15 is 0 Å². The second kappa shape index (κ2) is 8.30. The minimum atomic E-state index is 0.0692. The van der Waals surface area contributed by atoms with Crippen LogP contribution in [-0.4, -0.2) is 52.0 Å². The van der Waals surface area contributed by atoms with E-state index in [2.05, 4.69) is 40.7 Å². The average molecular weight is 348 g/mol. The molecule has 2 fully saturated rings. The molecular formula is C19H32N4O2. The summed E-state index contributed by atoms with van der Waals surface area (Å²) in [5.41, 5.74) is 0. The molecule has 0 N–H and O–H groups in total. The summed E-state index contributed by atoms with van der Waals surface area (Å²) < 4.78 is 5.47. The number of amides is 1. The van der Waals surface area contributed by atoms with Gasteiger partial charge in [0.05, 0.1) is 12.0 Å². The highest BCUT2D eigenvalue weighted by atomic mass is 16.5. The van der Waals surface area contributed by atoms with E-state index in [1.807, 2.05) is 0 Å². The molecule has 2 aliphatic heterocycles. The van der Waals surface area contributed by atoms with Crippen molar-refractivity contribution in [3.8, 4) is 0 Å². The van der Waals surface area contributed by atoms with Crippen LogP contribution in [-0.2, 0) is 4.79 Å². The predicted octanol–water partition coefficient (Wildman–Crippen LogP) is 3.37. The maximum Gasteiger partial charge on any atom is 0.243 e. The molecule has 6 heteroatoms. The van der Waals surface area contributed by atoms with Gasteiger partial charge in [0.25, 0.3) is 0 Å². The number of hydrogen-bond donors (Lipinski definition) is 0. The number of nitrogens with zero attached hydrogens (tertiary/aromatic N) is 4. The summed E-state index contributed by atoms with van der Waals surface area (Å²) in [5.74, 6) is 2.17.